The van der Waals surface area contributed by atoms with Gasteiger partial charge in [-0.15, -0.1) is 12.4 Å². The molecule has 2 aromatic rings. The Morgan fingerprint density at radius 3 is 2.68 bits per heavy atom. The Bertz CT molecular complexity index is 576. The van der Waals surface area contributed by atoms with Crippen molar-refractivity contribution in [2.45, 2.75) is 12.0 Å². The number of rotatable bonds is 1. The van der Waals surface area contributed by atoms with Crippen LogP contribution in [0, 0.1) is 0 Å². The van der Waals surface area contributed by atoms with Crippen molar-refractivity contribution in [1.29, 1.82) is 0 Å². The molecule has 0 aliphatic carbocycles. The highest BCUT2D eigenvalue weighted by atomic mass is 79.9. The highest BCUT2D eigenvalue weighted by Gasteiger charge is 2.36. The van der Waals surface area contributed by atoms with E-state index in [-0.39, 0.29) is 12.4 Å². The van der Waals surface area contributed by atoms with Crippen molar-refractivity contribution in [1.82, 2.24) is 4.98 Å². The lowest BCUT2D eigenvalue weighted by molar-refractivity contribution is 0.232. The minimum atomic E-state index is -0.560. The number of halogens is 2. The van der Waals surface area contributed by atoms with E-state index in [1.165, 1.54) is 0 Å². The predicted octanol–water partition coefficient (Wildman–Crippen LogP) is 3.25. The van der Waals surface area contributed by atoms with Crippen molar-refractivity contribution >= 4 is 28.3 Å². The van der Waals surface area contributed by atoms with E-state index in [0.29, 0.717) is 6.61 Å². The molecule has 1 aromatic heterocycles. The van der Waals surface area contributed by atoms with Crippen molar-refractivity contribution in [2.24, 2.45) is 5.73 Å². The second-order valence-corrected chi connectivity index (χ2v) is 5.34. The lowest BCUT2D eigenvalue weighted by atomic mass is 9.83. The third-order valence-electron chi connectivity index (χ3n) is 3.31. The van der Waals surface area contributed by atoms with Crippen molar-refractivity contribution in [3.05, 3.63) is 58.3 Å². The largest absolute Gasteiger partial charge is 0.491 e. The monoisotopic (exact) mass is 340 g/mol. The van der Waals surface area contributed by atoms with Crippen LogP contribution in [0.4, 0.5) is 0 Å². The van der Waals surface area contributed by atoms with Crippen LogP contribution in [0.1, 0.15) is 17.7 Å². The van der Waals surface area contributed by atoms with Crippen LogP contribution in [0.25, 0.3) is 0 Å². The minimum Gasteiger partial charge on any atom is -0.491 e. The molecule has 0 unspecified atom stereocenters. The number of hydrogen-bond donors (Lipinski definition) is 1. The predicted molar refractivity (Wildman–Crippen MR) is 80.7 cm³/mol. The summed E-state index contributed by atoms with van der Waals surface area (Å²) in [6.07, 6.45) is 2.49. The van der Waals surface area contributed by atoms with E-state index in [9.17, 15) is 0 Å². The third-order valence-corrected chi connectivity index (χ3v) is 3.84. The minimum absolute atomic E-state index is 0. The molecular weight excluding hydrogens is 328 g/mol. The van der Waals surface area contributed by atoms with Crippen LogP contribution in [-0.4, -0.2) is 11.6 Å². The maximum atomic E-state index is 6.58. The van der Waals surface area contributed by atoms with Gasteiger partial charge in [-0.1, -0.05) is 28.1 Å². The molecule has 0 spiro atoms. The number of aromatic nitrogens is 1. The number of pyridine rings is 1. The van der Waals surface area contributed by atoms with E-state index < -0.39 is 5.54 Å². The van der Waals surface area contributed by atoms with Crippen LogP contribution in [0.15, 0.2) is 47.1 Å². The Hall–Kier alpha value is -1.10. The van der Waals surface area contributed by atoms with Gasteiger partial charge in [-0.05, 0) is 29.8 Å². The summed E-state index contributed by atoms with van der Waals surface area (Å²) < 4.78 is 6.66. The summed E-state index contributed by atoms with van der Waals surface area (Å²) in [7, 11) is 0. The molecule has 1 atom stereocenters. The highest BCUT2D eigenvalue weighted by Crippen LogP contribution is 2.38. The fourth-order valence-corrected chi connectivity index (χ4v) is 2.58. The van der Waals surface area contributed by atoms with Crippen LogP contribution >= 0.6 is 28.3 Å². The molecule has 2 heterocycles. The van der Waals surface area contributed by atoms with Crippen LogP contribution < -0.4 is 10.5 Å². The quantitative estimate of drug-likeness (QED) is 0.866. The summed E-state index contributed by atoms with van der Waals surface area (Å²) in [6.45, 7) is 0.616. The zero-order chi connectivity index (χ0) is 12.6. The van der Waals surface area contributed by atoms with Gasteiger partial charge in [0.2, 0.25) is 0 Å². The van der Waals surface area contributed by atoms with E-state index in [0.717, 1.165) is 27.9 Å². The first-order valence-electron chi connectivity index (χ1n) is 5.83. The molecule has 0 radical (unpaired) electrons. The number of ether oxygens (including phenoxy) is 1. The summed E-state index contributed by atoms with van der Waals surface area (Å²) in [5, 5.41) is 0. The summed E-state index contributed by atoms with van der Waals surface area (Å²) in [5.74, 6) is 0.786. The molecule has 3 nitrogen and oxygen atoms in total. The summed E-state index contributed by atoms with van der Waals surface area (Å²) in [6, 6.07) is 11.9. The van der Waals surface area contributed by atoms with Gasteiger partial charge in [0.05, 0.1) is 12.1 Å². The molecule has 2 N–H and O–H groups in total. The van der Waals surface area contributed by atoms with Crippen molar-refractivity contribution in [2.75, 3.05) is 6.61 Å². The van der Waals surface area contributed by atoms with Crippen LogP contribution in [0.3, 0.4) is 0 Å². The zero-order valence-electron chi connectivity index (χ0n) is 10.2. The van der Waals surface area contributed by atoms with Gasteiger partial charge in [0.25, 0.3) is 0 Å². The average molecular weight is 342 g/mol. The molecule has 1 aliphatic heterocycles. The summed E-state index contributed by atoms with van der Waals surface area (Å²) in [5.41, 5.74) is 7.91. The Morgan fingerprint density at radius 2 is 1.95 bits per heavy atom. The fourth-order valence-electron chi connectivity index (χ4n) is 2.31. The molecular formula is C14H14BrClN2O. The number of fused-ring (bicyclic) bond motifs is 1. The molecule has 3 rings (SSSR count). The normalized spacial score (nSPS) is 20.9. The van der Waals surface area contributed by atoms with E-state index in [2.05, 4.69) is 20.9 Å². The van der Waals surface area contributed by atoms with Gasteiger partial charge in [-0.2, -0.15) is 0 Å². The molecule has 1 aliphatic rings. The van der Waals surface area contributed by atoms with Gasteiger partial charge in [0.1, 0.15) is 11.4 Å². The van der Waals surface area contributed by atoms with Crippen LogP contribution in [0.2, 0.25) is 0 Å². The standard InChI is InChI=1S/C14H13BrN2O.ClH/c15-11-5-3-10(4-6-11)14(16)7-9-18-12-2-1-8-17-13(12)14;/h1-6,8H,7,9,16H2;1H/t14-;/m0./s1. The number of nitrogens with zero attached hydrogens (tertiary/aromatic N) is 1. The number of hydrogen-bond acceptors (Lipinski definition) is 3. The molecule has 0 saturated carbocycles. The SMILES string of the molecule is Cl.N[C@]1(c2ccc(Br)cc2)CCOc2cccnc21. The first-order valence-corrected chi connectivity index (χ1v) is 6.63. The van der Waals surface area contributed by atoms with E-state index >= 15 is 0 Å². The number of nitrogens with two attached hydrogens (primary N) is 1. The molecule has 1 aromatic carbocycles. The van der Waals surface area contributed by atoms with Crippen LogP contribution in [0.5, 0.6) is 5.75 Å². The topological polar surface area (TPSA) is 48.1 Å². The van der Waals surface area contributed by atoms with E-state index in [1.807, 2.05) is 36.4 Å². The molecule has 19 heavy (non-hydrogen) atoms. The zero-order valence-corrected chi connectivity index (χ0v) is 12.6. The smallest absolute Gasteiger partial charge is 0.143 e. The van der Waals surface area contributed by atoms with Crippen molar-refractivity contribution in [3.8, 4) is 5.75 Å². The summed E-state index contributed by atoms with van der Waals surface area (Å²) >= 11 is 3.44. The van der Waals surface area contributed by atoms with Gasteiger partial charge in [-0.25, -0.2) is 0 Å². The Morgan fingerprint density at radius 1 is 1.21 bits per heavy atom. The second kappa shape index (κ2) is 5.49. The molecule has 100 valence electrons. The van der Waals surface area contributed by atoms with Gasteiger partial charge in [0.15, 0.2) is 0 Å². The highest BCUT2D eigenvalue weighted by molar-refractivity contribution is 9.10. The van der Waals surface area contributed by atoms with Gasteiger partial charge in [0, 0.05) is 17.1 Å². The Balaban J connectivity index is 0.00000133. The third kappa shape index (κ3) is 2.48. The molecule has 5 heteroatoms. The molecule has 0 bridgehead atoms. The van der Waals surface area contributed by atoms with E-state index in [1.54, 1.807) is 6.20 Å². The summed E-state index contributed by atoms with van der Waals surface area (Å²) in [4.78, 5) is 4.41. The van der Waals surface area contributed by atoms with Gasteiger partial charge >= 0.3 is 0 Å². The fraction of sp³-hybridized carbons (Fsp3) is 0.214. The molecule has 0 fully saturated rings. The maximum absolute atomic E-state index is 6.58. The van der Waals surface area contributed by atoms with Gasteiger partial charge < -0.3 is 10.5 Å². The molecule has 0 saturated heterocycles. The lowest BCUT2D eigenvalue weighted by Gasteiger charge is -2.34. The number of benzene rings is 1. The first kappa shape index (κ1) is 14.3. The van der Waals surface area contributed by atoms with Crippen LogP contribution in [-0.2, 0) is 5.54 Å². The van der Waals surface area contributed by atoms with Crippen molar-refractivity contribution in [3.63, 3.8) is 0 Å². The first-order chi connectivity index (χ1) is 8.70. The Kier molecular flexibility index (Phi) is 4.13. The van der Waals surface area contributed by atoms with Crippen molar-refractivity contribution < 1.29 is 4.74 Å². The van der Waals surface area contributed by atoms with E-state index in [4.69, 9.17) is 10.5 Å². The molecule has 0 amide bonds. The average Bonchev–Trinajstić information content (AvgIpc) is 2.40. The van der Waals surface area contributed by atoms with Gasteiger partial charge in [-0.3, -0.25) is 4.98 Å². The maximum Gasteiger partial charge on any atom is 0.143 e. The Labute approximate surface area is 126 Å². The second-order valence-electron chi connectivity index (χ2n) is 4.43. The lowest BCUT2D eigenvalue weighted by Crippen LogP contribution is -2.43.